The van der Waals surface area contributed by atoms with Crippen molar-refractivity contribution in [2.24, 2.45) is 0 Å². The van der Waals surface area contributed by atoms with Gasteiger partial charge in [-0.3, -0.25) is 13.9 Å². The molecule has 1 atom stereocenters. The molecule has 3 aromatic carbocycles. The van der Waals surface area contributed by atoms with Crippen LogP contribution in [0.15, 0.2) is 82.2 Å². The highest BCUT2D eigenvalue weighted by Gasteiger charge is 2.33. The van der Waals surface area contributed by atoms with E-state index in [1.54, 1.807) is 50.2 Å². The smallest absolute Gasteiger partial charge is 0.264 e. The number of nitrogens with zero attached hydrogens (tertiary/aromatic N) is 2. The van der Waals surface area contributed by atoms with Crippen molar-refractivity contribution in [3.05, 3.63) is 93.4 Å². The molecule has 1 N–H and O–H groups in total. The fourth-order valence-corrected chi connectivity index (χ4v) is 6.03. The number of hydrogen-bond donors (Lipinski definition) is 1. The Morgan fingerprint density at radius 2 is 1.69 bits per heavy atom. The van der Waals surface area contributed by atoms with Gasteiger partial charge in [-0.2, -0.15) is 0 Å². The van der Waals surface area contributed by atoms with E-state index in [1.165, 1.54) is 17.0 Å². The van der Waals surface area contributed by atoms with Crippen LogP contribution in [0, 0.1) is 6.92 Å². The molecule has 0 saturated heterocycles. The number of aryl methyl sites for hydroxylation is 1. The van der Waals surface area contributed by atoms with Crippen LogP contribution in [0.1, 0.15) is 37.8 Å². The van der Waals surface area contributed by atoms with Crippen molar-refractivity contribution >= 4 is 55.1 Å². The first kappa shape index (κ1) is 30.7. The van der Waals surface area contributed by atoms with E-state index in [-0.39, 0.29) is 17.3 Å². The summed E-state index contributed by atoms with van der Waals surface area (Å²) >= 11 is 9.56. The Morgan fingerprint density at radius 1 is 1.03 bits per heavy atom. The monoisotopic (exact) mass is 633 g/mol. The average Bonchev–Trinajstić information content (AvgIpc) is 2.91. The number of rotatable bonds is 12. The third kappa shape index (κ3) is 8.06. The van der Waals surface area contributed by atoms with Gasteiger partial charge < -0.3 is 10.2 Å². The number of unbranched alkanes of at least 4 members (excludes halogenated alkanes) is 1. The number of carbonyl (C=O) groups is 2. The standard InChI is InChI=1S/C29H33BrClN3O4S/c1-4-5-17-32-29(36)22(3)33(19-23-11-13-24(30)14-12-23)28(35)20-34(27-16-15-25(31)18-21(27)2)39(37,38)26-9-7-6-8-10-26/h6-16,18,22H,4-5,17,19-20H2,1-3H3,(H,32,36)/t22-/m1/s1. The number of anilines is 1. The Bertz CT molecular complexity index is 1390. The summed E-state index contributed by atoms with van der Waals surface area (Å²) in [6.07, 6.45) is 1.74. The molecule has 10 heteroatoms. The minimum atomic E-state index is -4.12. The highest BCUT2D eigenvalue weighted by Crippen LogP contribution is 2.29. The van der Waals surface area contributed by atoms with E-state index >= 15 is 0 Å². The Hall–Kier alpha value is -2.88. The first-order valence-corrected chi connectivity index (χ1v) is 15.3. The van der Waals surface area contributed by atoms with Gasteiger partial charge in [0.1, 0.15) is 12.6 Å². The lowest BCUT2D eigenvalue weighted by atomic mass is 10.1. The molecule has 0 aliphatic rings. The number of sulfonamides is 1. The largest absolute Gasteiger partial charge is 0.354 e. The molecule has 3 rings (SSSR count). The number of amides is 2. The van der Waals surface area contributed by atoms with Crippen LogP contribution in [0.2, 0.25) is 5.02 Å². The fraction of sp³-hybridized carbons (Fsp3) is 0.310. The molecular weight excluding hydrogens is 602 g/mol. The van der Waals surface area contributed by atoms with E-state index in [1.807, 2.05) is 31.2 Å². The van der Waals surface area contributed by atoms with Crippen LogP contribution >= 0.6 is 27.5 Å². The van der Waals surface area contributed by atoms with E-state index in [2.05, 4.69) is 21.2 Å². The summed E-state index contributed by atoms with van der Waals surface area (Å²) in [4.78, 5) is 28.4. The zero-order valence-electron chi connectivity index (χ0n) is 22.2. The summed E-state index contributed by atoms with van der Waals surface area (Å²) in [5.74, 6) is -0.807. The van der Waals surface area contributed by atoms with Gasteiger partial charge in [0, 0.05) is 22.6 Å². The molecule has 0 aromatic heterocycles. The van der Waals surface area contributed by atoms with E-state index < -0.39 is 28.5 Å². The number of nitrogens with one attached hydrogen (secondary N) is 1. The molecule has 0 unspecified atom stereocenters. The van der Waals surface area contributed by atoms with Crippen molar-refractivity contribution in [2.75, 3.05) is 17.4 Å². The first-order valence-electron chi connectivity index (χ1n) is 12.7. The first-order chi connectivity index (χ1) is 18.5. The van der Waals surface area contributed by atoms with Crippen molar-refractivity contribution in [3.63, 3.8) is 0 Å². The van der Waals surface area contributed by atoms with Crippen LogP contribution in [0.3, 0.4) is 0 Å². The van der Waals surface area contributed by atoms with Gasteiger partial charge in [-0.15, -0.1) is 0 Å². The molecule has 208 valence electrons. The Morgan fingerprint density at radius 3 is 2.31 bits per heavy atom. The topological polar surface area (TPSA) is 86.8 Å². The van der Waals surface area contributed by atoms with E-state index in [0.29, 0.717) is 22.8 Å². The maximum Gasteiger partial charge on any atom is 0.264 e. The highest BCUT2D eigenvalue weighted by atomic mass is 79.9. The highest BCUT2D eigenvalue weighted by molar-refractivity contribution is 9.10. The van der Waals surface area contributed by atoms with Crippen molar-refractivity contribution in [1.29, 1.82) is 0 Å². The van der Waals surface area contributed by atoms with Crippen LogP contribution in [0.4, 0.5) is 5.69 Å². The van der Waals surface area contributed by atoms with Gasteiger partial charge in [-0.1, -0.05) is 71.2 Å². The molecule has 0 aliphatic heterocycles. The molecule has 2 amide bonds. The number of benzene rings is 3. The third-order valence-electron chi connectivity index (χ3n) is 6.30. The normalized spacial score (nSPS) is 12.0. The lowest BCUT2D eigenvalue weighted by molar-refractivity contribution is -0.139. The van der Waals surface area contributed by atoms with Crippen LogP contribution < -0.4 is 9.62 Å². The SMILES string of the molecule is CCCCNC(=O)[C@@H](C)N(Cc1ccc(Br)cc1)C(=O)CN(c1ccc(Cl)cc1C)S(=O)(=O)c1ccccc1. The van der Waals surface area contributed by atoms with Gasteiger partial charge in [-0.25, -0.2) is 8.42 Å². The number of carbonyl (C=O) groups excluding carboxylic acids is 2. The molecule has 3 aromatic rings. The van der Waals surface area contributed by atoms with Gasteiger partial charge in [0.15, 0.2) is 0 Å². The quantitative estimate of drug-likeness (QED) is 0.250. The van der Waals surface area contributed by atoms with Gasteiger partial charge >= 0.3 is 0 Å². The summed E-state index contributed by atoms with van der Waals surface area (Å²) in [5.41, 5.74) is 1.74. The molecule has 39 heavy (non-hydrogen) atoms. The van der Waals surface area contributed by atoms with Gasteiger partial charge in [0.05, 0.1) is 10.6 Å². The fourth-order valence-electron chi connectivity index (χ4n) is 4.04. The van der Waals surface area contributed by atoms with E-state index in [0.717, 1.165) is 27.2 Å². The molecule has 0 bridgehead atoms. The van der Waals surface area contributed by atoms with Crippen LogP contribution in [-0.2, 0) is 26.2 Å². The lowest BCUT2D eigenvalue weighted by Crippen LogP contribution is -2.51. The van der Waals surface area contributed by atoms with Crippen LogP contribution in [-0.4, -0.2) is 44.3 Å². The summed E-state index contributed by atoms with van der Waals surface area (Å²) in [5, 5.41) is 3.34. The van der Waals surface area contributed by atoms with E-state index in [9.17, 15) is 18.0 Å². The summed E-state index contributed by atoms with van der Waals surface area (Å²) < 4.78 is 29.7. The van der Waals surface area contributed by atoms with Crippen molar-refractivity contribution in [1.82, 2.24) is 10.2 Å². The van der Waals surface area contributed by atoms with Crippen LogP contribution in [0.5, 0.6) is 0 Å². The van der Waals surface area contributed by atoms with Gasteiger partial charge in [-0.05, 0) is 73.9 Å². The summed E-state index contributed by atoms with van der Waals surface area (Å²) in [6.45, 7) is 5.55. The molecule has 0 radical (unpaired) electrons. The minimum absolute atomic E-state index is 0.0527. The second-order valence-electron chi connectivity index (χ2n) is 9.22. The lowest BCUT2D eigenvalue weighted by Gasteiger charge is -2.32. The Kier molecular flexibility index (Phi) is 11.0. The summed E-state index contributed by atoms with van der Waals surface area (Å²) in [6, 6.07) is 19.4. The van der Waals surface area contributed by atoms with Gasteiger partial charge in [0.25, 0.3) is 10.0 Å². The Balaban J connectivity index is 2.01. The molecule has 0 heterocycles. The predicted octanol–water partition coefficient (Wildman–Crippen LogP) is 5.94. The summed E-state index contributed by atoms with van der Waals surface area (Å²) in [7, 11) is -4.12. The zero-order valence-corrected chi connectivity index (χ0v) is 25.4. The van der Waals surface area contributed by atoms with E-state index in [4.69, 9.17) is 11.6 Å². The molecule has 0 spiro atoms. The van der Waals surface area contributed by atoms with Crippen LogP contribution in [0.25, 0.3) is 0 Å². The average molecular weight is 635 g/mol. The second-order valence-corrected chi connectivity index (χ2v) is 12.4. The number of halogens is 2. The van der Waals surface area contributed by atoms with Crippen molar-refractivity contribution < 1.29 is 18.0 Å². The second kappa shape index (κ2) is 14.0. The Labute approximate surface area is 244 Å². The molecular formula is C29H33BrClN3O4S. The zero-order chi connectivity index (χ0) is 28.6. The number of hydrogen-bond acceptors (Lipinski definition) is 4. The molecule has 7 nitrogen and oxygen atoms in total. The molecule has 0 fully saturated rings. The minimum Gasteiger partial charge on any atom is -0.354 e. The van der Waals surface area contributed by atoms with Crippen molar-refractivity contribution in [2.45, 2.75) is 51.1 Å². The molecule has 0 aliphatic carbocycles. The third-order valence-corrected chi connectivity index (χ3v) is 8.84. The van der Waals surface area contributed by atoms with Crippen molar-refractivity contribution in [3.8, 4) is 0 Å². The molecule has 0 saturated carbocycles. The maximum atomic E-state index is 13.9. The predicted molar refractivity (Wildman–Crippen MR) is 159 cm³/mol. The van der Waals surface area contributed by atoms with Gasteiger partial charge in [0.2, 0.25) is 11.8 Å². The maximum absolute atomic E-state index is 13.9.